The van der Waals surface area contributed by atoms with Gasteiger partial charge >= 0.3 is 0 Å². The van der Waals surface area contributed by atoms with Crippen LogP contribution in [0.5, 0.6) is 0 Å². The van der Waals surface area contributed by atoms with E-state index in [-0.39, 0.29) is 11.8 Å². The van der Waals surface area contributed by atoms with Gasteiger partial charge in [-0.25, -0.2) is 0 Å². The number of halogens is 1. The van der Waals surface area contributed by atoms with Crippen LogP contribution in [0.1, 0.15) is 40.5 Å². The molecule has 2 aromatic carbocycles. The molecule has 0 fully saturated rings. The van der Waals surface area contributed by atoms with Gasteiger partial charge in [0, 0.05) is 28.4 Å². The summed E-state index contributed by atoms with van der Waals surface area (Å²) in [5.74, 6) is -0.370. The highest BCUT2D eigenvalue weighted by Crippen LogP contribution is 2.16. The van der Waals surface area contributed by atoms with Gasteiger partial charge in [-0.05, 0) is 48.9 Å². The molecule has 2 aromatic rings. The summed E-state index contributed by atoms with van der Waals surface area (Å²) in [5, 5.41) is 6.16. The van der Waals surface area contributed by atoms with Gasteiger partial charge in [0.1, 0.15) is 0 Å². The lowest BCUT2D eigenvalue weighted by Gasteiger charge is -2.07. The molecule has 2 amide bonds. The number of carbonyl (C=O) groups excluding carboxylic acids is 2. The molecule has 4 nitrogen and oxygen atoms in total. The number of anilines is 1. The van der Waals surface area contributed by atoms with Crippen molar-refractivity contribution in [2.75, 3.05) is 11.9 Å². The minimum atomic E-state index is -0.245. The lowest BCUT2D eigenvalue weighted by Crippen LogP contribution is -2.24. The number of unbranched alkanes of at least 4 members (excludes halogenated alkanes) is 1. The van der Waals surface area contributed by atoms with E-state index in [2.05, 4.69) is 17.6 Å². The zero-order chi connectivity index (χ0) is 16.7. The van der Waals surface area contributed by atoms with E-state index in [4.69, 9.17) is 11.6 Å². The van der Waals surface area contributed by atoms with Gasteiger partial charge in [0.15, 0.2) is 0 Å². The van der Waals surface area contributed by atoms with Crippen LogP contribution in [0.4, 0.5) is 5.69 Å². The first-order chi connectivity index (χ1) is 11.1. The summed E-state index contributed by atoms with van der Waals surface area (Å²) in [6, 6.07) is 13.5. The smallest absolute Gasteiger partial charge is 0.255 e. The fourth-order valence-corrected chi connectivity index (χ4v) is 2.21. The number of carbonyl (C=O) groups is 2. The van der Waals surface area contributed by atoms with Gasteiger partial charge in [-0.2, -0.15) is 0 Å². The van der Waals surface area contributed by atoms with Crippen molar-refractivity contribution in [3.8, 4) is 0 Å². The van der Waals surface area contributed by atoms with Gasteiger partial charge in [0.05, 0.1) is 0 Å². The average molecular weight is 331 g/mol. The fraction of sp³-hybridized carbons (Fsp3) is 0.222. The van der Waals surface area contributed by atoms with E-state index in [1.807, 2.05) is 0 Å². The first-order valence-electron chi connectivity index (χ1n) is 7.55. The number of hydrogen-bond acceptors (Lipinski definition) is 2. The van der Waals surface area contributed by atoms with Crippen molar-refractivity contribution in [3.63, 3.8) is 0 Å². The predicted molar refractivity (Wildman–Crippen MR) is 93.1 cm³/mol. The maximum absolute atomic E-state index is 12.2. The Hall–Kier alpha value is -2.33. The first kappa shape index (κ1) is 17.0. The Morgan fingerprint density at radius 2 is 1.65 bits per heavy atom. The number of rotatable bonds is 6. The lowest BCUT2D eigenvalue weighted by atomic mass is 10.1. The Morgan fingerprint density at radius 1 is 1.00 bits per heavy atom. The molecule has 0 atom stereocenters. The molecule has 2 N–H and O–H groups in total. The zero-order valence-corrected chi connectivity index (χ0v) is 13.7. The van der Waals surface area contributed by atoms with Crippen LogP contribution in [0, 0.1) is 0 Å². The number of hydrogen-bond donors (Lipinski definition) is 2. The van der Waals surface area contributed by atoms with Gasteiger partial charge in [-0.1, -0.05) is 31.0 Å². The predicted octanol–water partition coefficient (Wildman–Crippen LogP) is 4.12. The maximum atomic E-state index is 12.2. The summed E-state index contributed by atoms with van der Waals surface area (Å²) in [4.78, 5) is 24.1. The molecular formula is C18H19ClN2O2. The minimum absolute atomic E-state index is 0.125. The molecule has 0 aliphatic rings. The highest BCUT2D eigenvalue weighted by molar-refractivity contribution is 6.31. The molecule has 0 unspecified atom stereocenters. The average Bonchev–Trinajstić information content (AvgIpc) is 2.55. The molecule has 0 aromatic heterocycles. The molecule has 23 heavy (non-hydrogen) atoms. The van der Waals surface area contributed by atoms with Crippen molar-refractivity contribution in [2.45, 2.75) is 19.8 Å². The van der Waals surface area contributed by atoms with E-state index < -0.39 is 0 Å². The second kappa shape index (κ2) is 8.34. The molecule has 0 saturated heterocycles. The third kappa shape index (κ3) is 5.11. The van der Waals surface area contributed by atoms with Crippen molar-refractivity contribution >= 4 is 29.1 Å². The molecule has 0 heterocycles. The van der Waals surface area contributed by atoms with Gasteiger partial charge in [-0.3, -0.25) is 9.59 Å². The second-order valence-electron chi connectivity index (χ2n) is 5.15. The molecule has 120 valence electrons. The Labute approximate surface area is 140 Å². The third-order valence-corrected chi connectivity index (χ3v) is 3.54. The Kier molecular flexibility index (Phi) is 6.18. The summed E-state index contributed by atoms with van der Waals surface area (Å²) in [6.07, 6.45) is 1.98. The topological polar surface area (TPSA) is 58.2 Å². The van der Waals surface area contributed by atoms with E-state index in [9.17, 15) is 9.59 Å². The summed E-state index contributed by atoms with van der Waals surface area (Å²) < 4.78 is 0. The summed E-state index contributed by atoms with van der Waals surface area (Å²) in [7, 11) is 0. The summed E-state index contributed by atoms with van der Waals surface area (Å²) >= 11 is 5.89. The van der Waals surface area contributed by atoms with E-state index in [1.54, 1.807) is 48.5 Å². The molecule has 0 aliphatic carbocycles. The standard InChI is InChI=1S/C18H19ClN2O2/c1-2-3-11-20-17(22)13-7-9-14(10-8-13)18(23)21-16-6-4-5-15(19)12-16/h4-10,12H,2-3,11H2,1H3,(H,20,22)(H,21,23). The van der Waals surface area contributed by atoms with Crippen LogP contribution in [0.2, 0.25) is 5.02 Å². The van der Waals surface area contributed by atoms with Crippen molar-refractivity contribution in [2.24, 2.45) is 0 Å². The molecule has 5 heteroatoms. The normalized spacial score (nSPS) is 10.2. The summed E-state index contributed by atoms with van der Waals surface area (Å²) in [5.41, 5.74) is 1.65. The highest BCUT2D eigenvalue weighted by atomic mass is 35.5. The highest BCUT2D eigenvalue weighted by Gasteiger charge is 2.09. The quantitative estimate of drug-likeness (QED) is 0.783. The zero-order valence-electron chi connectivity index (χ0n) is 12.9. The summed E-state index contributed by atoms with van der Waals surface area (Å²) in [6.45, 7) is 2.73. The maximum Gasteiger partial charge on any atom is 0.255 e. The van der Waals surface area contributed by atoms with Crippen LogP contribution >= 0.6 is 11.6 Å². The lowest BCUT2D eigenvalue weighted by molar-refractivity contribution is 0.0951. The van der Waals surface area contributed by atoms with E-state index in [0.29, 0.717) is 28.4 Å². The molecule has 0 saturated carbocycles. The first-order valence-corrected chi connectivity index (χ1v) is 7.93. The van der Waals surface area contributed by atoms with E-state index in [0.717, 1.165) is 12.8 Å². The van der Waals surface area contributed by atoms with Crippen molar-refractivity contribution in [1.29, 1.82) is 0 Å². The molecule has 0 spiro atoms. The van der Waals surface area contributed by atoms with Crippen LogP contribution < -0.4 is 10.6 Å². The van der Waals surface area contributed by atoms with Crippen molar-refractivity contribution < 1.29 is 9.59 Å². The van der Waals surface area contributed by atoms with Crippen LogP contribution in [-0.2, 0) is 0 Å². The van der Waals surface area contributed by atoms with Crippen LogP contribution in [0.15, 0.2) is 48.5 Å². The van der Waals surface area contributed by atoms with E-state index in [1.165, 1.54) is 0 Å². The van der Waals surface area contributed by atoms with Crippen LogP contribution in [0.3, 0.4) is 0 Å². The number of benzene rings is 2. The largest absolute Gasteiger partial charge is 0.352 e. The third-order valence-electron chi connectivity index (χ3n) is 3.31. The second-order valence-corrected chi connectivity index (χ2v) is 5.59. The van der Waals surface area contributed by atoms with Gasteiger partial charge < -0.3 is 10.6 Å². The number of nitrogens with one attached hydrogen (secondary N) is 2. The molecular weight excluding hydrogens is 312 g/mol. The fourth-order valence-electron chi connectivity index (χ4n) is 2.02. The molecule has 0 bridgehead atoms. The molecule has 0 aliphatic heterocycles. The van der Waals surface area contributed by atoms with Crippen LogP contribution in [0.25, 0.3) is 0 Å². The molecule has 0 radical (unpaired) electrons. The SMILES string of the molecule is CCCCNC(=O)c1ccc(C(=O)Nc2cccc(Cl)c2)cc1. The monoisotopic (exact) mass is 330 g/mol. The Bertz CT molecular complexity index is 684. The van der Waals surface area contributed by atoms with Crippen molar-refractivity contribution in [1.82, 2.24) is 5.32 Å². The Balaban J connectivity index is 1.98. The van der Waals surface area contributed by atoms with E-state index >= 15 is 0 Å². The molecule has 2 rings (SSSR count). The minimum Gasteiger partial charge on any atom is -0.352 e. The van der Waals surface area contributed by atoms with Crippen molar-refractivity contribution in [3.05, 3.63) is 64.7 Å². The van der Waals surface area contributed by atoms with Gasteiger partial charge in [0.2, 0.25) is 0 Å². The van der Waals surface area contributed by atoms with Gasteiger partial charge in [0.25, 0.3) is 11.8 Å². The van der Waals surface area contributed by atoms with Crippen LogP contribution in [-0.4, -0.2) is 18.4 Å². The number of amides is 2. The van der Waals surface area contributed by atoms with Gasteiger partial charge in [-0.15, -0.1) is 0 Å². The Morgan fingerprint density at radius 3 is 2.26 bits per heavy atom.